The molecule has 0 unspecified atom stereocenters. The van der Waals surface area contributed by atoms with Crippen molar-refractivity contribution in [3.8, 4) is 11.5 Å². The molecule has 0 saturated heterocycles. The molecule has 0 fully saturated rings. The summed E-state index contributed by atoms with van der Waals surface area (Å²) in [6, 6.07) is 10.8. The number of carbonyl (C=O) groups excluding carboxylic acids is 2. The van der Waals surface area contributed by atoms with Crippen LogP contribution < -0.4 is 14.8 Å². The van der Waals surface area contributed by atoms with Crippen molar-refractivity contribution < 1.29 is 23.8 Å². The first-order valence-electron chi connectivity index (χ1n) is 8.88. The number of methoxy groups -OCH3 is 1. The molecule has 28 heavy (non-hydrogen) atoms. The van der Waals surface area contributed by atoms with Crippen molar-refractivity contribution in [2.75, 3.05) is 25.6 Å². The Labute approximate surface area is 169 Å². The number of esters is 1. The van der Waals surface area contributed by atoms with Gasteiger partial charge in [-0.05, 0) is 61.7 Å². The SMILES string of the molecule is COc1ccc(C)cc1NC(=O)COC(=O)CCCOc1ccc(Cl)cc1C. The number of carbonyl (C=O) groups is 2. The maximum absolute atomic E-state index is 12.0. The quantitative estimate of drug-likeness (QED) is 0.497. The Bertz CT molecular complexity index is 838. The van der Waals surface area contributed by atoms with Crippen LogP contribution in [0.2, 0.25) is 5.02 Å². The highest BCUT2D eigenvalue weighted by atomic mass is 35.5. The van der Waals surface area contributed by atoms with E-state index in [-0.39, 0.29) is 13.0 Å². The summed E-state index contributed by atoms with van der Waals surface area (Å²) in [5, 5.41) is 3.33. The van der Waals surface area contributed by atoms with Crippen LogP contribution in [0.25, 0.3) is 0 Å². The zero-order chi connectivity index (χ0) is 20.5. The Morgan fingerprint density at radius 3 is 2.54 bits per heavy atom. The van der Waals surface area contributed by atoms with Gasteiger partial charge in [0.25, 0.3) is 5.91 Å². The van der Waals surface area contributed by atoms with Gasteiger partial charge in [-0.25, -0.2) is 0 Å². The lowest BCUT2D eigenvalue weighted by atomic mass is 10.2. The van der Waals surface area contributed by atoms with Crippen molar-refractivity contribution in [3.63, 3.8) is 0 Å². The average Bonchev–Trinajstić information content (AvgIpc) is 2.65. The number of rotatable bonds is 9. The number of amides is 1. The zero-order valence-corrected chi connectivity index (χ0v) is 17.0. The van der Waals surface area contributed by atoms with E-state index in [0.29, 0.717) is 29.5 Å². The number of anilines is 1. The van der Waals surface area contributed by atoms with E-state index in [0.717, 1.165) is 16.9 Å². The average molecular weight is 406 g/mol. The van der Waals surface area contributed by atoms with E-state index in [9.17, 15) is 9.59 Å². The number of aryl methyl sites for hydroxylation is 2. The van der Waals surface area contributed by atoms with Crippen molar-refractivity contribution >= 4 is 29.2 Å². The van der Waals surface area contributed by atoms with Crippen LogP contribution in [0.15, 0.2) is 36.4 Å². The van der Waals surface area contributed by atoms with Gasteiger partial charge in [0.05, 0.1) is 19.4 Å². The molecule has 150 valence electrons. The van der Waals surface area contributed by atoms with Crippen LogP contribution in [-0.2, 0) is 14.3 Å². The van der Waals surface area contributed by atoms with Gasteiger partial charge >= 0.3 is 5.97 Å². The van der Waals surface area contributed by atoms with Gasteiger partial charge in [-0.2, -0.15) is 0 Å². The standard InChI is InChI=1S/C21H24ClNO5/c1-14-6-8-19(26-3)17(11-14)23-20(24)13-28-21(25)5-4-10-27-18-9-7-16(22)12-15(18)2/h6-9,11-12H,4-5,10,13H2,1-3H3,(H,23,24). The predicted octanol–water partition coefficient (Wildman–Crippen LogP) is 4.31. The van der Waals surface area contributed by atoms with Crippen LogP contribution in [0.3, 0.4) is 0 Å². The molecule has 0 heterocycles. The molecule has 6 nitrogen and oxygen atoms in total. The van der Waals surface area contributed by atoms with Gasteiger partial charge in [-0.15, -0.1) is 0 Å². The van der Waals surface area contributed by atoms with Crippen LogP contribution in [0.5, 0.6) is 11.5 Å². The summed E-state index contributed by atoms with van der Waals surface area (Å²) in [6.45, 7) is 3.82. The van der Waals surface area contributed by atoms with Crippen molar-refractivity contribution in [2.45, 2.75) is 26.7 Å². The Morgan fingerprint density at radius 2 is 1.82 bits per heavy atom. The molecule has 0 aliphatic rings. The molecule has 2 aromatic carbocycles. The van der Waals surface area contributed by atoms with E-state index in [1.165, 1.54) is 7.11 Å². The molecule has 7 heteroatoms. The maximum atomic E-state index is 12.0. The molecule has 2 rings (SSSR count). The van der Waals surface area contributed by atoms with Crippen LogP contribution >= 0.6 is 11.6 Å². The summed E-state index contributed by atoms with van der Waals surface area (Å²) in [6.07, 6.45) is 0.641. The van der Waals surface area contributed by atoms with Crippen LogP contribution in [0, 0.1) is 13.8 Å². The highest BCUT2D eigenvalue weighted by Crippen LogP contribution is 2.25. The molecular weight excluding hydrogens is 382 g/mol. The van der Waals surface area contributed by atoms with Crippen LogP contribution in [0.1, 0.15) is 24.0 Å². The van der Waals surface area contributed by atoms with Gasteiger partial charge in [0.1, 0.15) is 11.5 Å². The number of halogens is 1. The normalized spacial score (nSPS) is 10.3. The number of ether oxygens (including phenoxy) is 3. The van der Waals surface area contributed by atoms with E-state index < -0.39 is 11.9 Å². The highest BCUT2D eigenvalue weighted by molar-refractivity contribution is 6.30. The summed E-state index contributed by atoms with van der Waals surface area (Å²) in [5.41, 5.74) is 2.44. The van der Waals surface area contributed by atoms with E-state index in [4.69, 9.17) is 25.8 Å². The fraction of sp³-hybridized carbons (Fsp3) is 0.333. The summed E-state index contributed by atoms with van der Waals surface area (Å²) in [7, 11) is 1.52. The molecule has 1 N–H and O–H groups in total. The first-order chi connectivity index (χ1) is 13.4. The molecule has 0 aromatic heterocycles. The summed E-state index contributed by atoms with van der Waals surface area (Å²) in [4.78, 5) is 23.8. The lowest BCUT2D eigenvalue weighted by Gasteiger charge is -2.11. The minimum Gasteiger partial charge on any atom is -0.495 e. The van der Waals surface area contributed by atoms with Crippen molar-refractivity contribution in [1.82, 2.24) is 0 Å². The second-order valence-electron chi connectivity index (χ2n) is 6.27. The Morgan fingerprint density at radius 1 is 1.07 bits per heavy atom. The van der Waals surface area contributed by atoms with E-state index in [1.54, 1.807) is 24.3 Å². The van der Waals surface area contributed by atoms with Crippen molar-refractivity contribution in [3.05, 3.63) is 52.5 Å². The topological polar surface area (TPSA) is 73.9 Å². The van der Waals surface area contributed by atoms with Gasteiger partial charge in [-0.3, -0.25) is 9.59 Å². The van der Waals surface area contributed by atoms with Gasteiger partial charge < -0.3 is 19.5 Å². The van der Waals surface area contributed by atoms with Gasteiger partial charge in [0, 0.05) is 11.4 Å². The van der Waals surface area contributed by atoms with Gasteiger partial charge in [0.2, 0.25) is 0 Å². The minimum absolute atomic E-state index is 0.160. The largest absolute Gasteiger partial charge is 0.495 e. The fourth-order valence-electron chi connectivity index (χ4n) is 2.50. The molecule has 0 aliphatic carbocycles. The molecule has 0 radical (unpaired) electrons. The first-order valence-corrected chi connectivity index (χ1v) is 9.26. The molecule has 0 aliphatic heterocycles. The van der Waals surface area contributed by atoms with Crippen LogP contribution in [0.4, 0.5) is 5.69 Å². The lowest BCUT2D eigenvalue weighted by Crippen LogP contribution is -2.21. The smallest absolute Gasteiger partial charge is 0.306 e. The third-order valence-electron chi connectivity index (χ3n) is 3.91. The number of benzene rings is 2. The Hall–Kier alpha value is -2.73. The second-order valence-corrected chi connectivity index (χ2v) is 6.71. The molecule has 0 bridgehead atoms. The molecule has 0 atom stereocenters. The van der Waals surface area contributed by atoms with Crippen LogP contribution in [-0.4, -0.2) is 32.2 Å². The Balaban J connectivity index is 1.69. The molecule has 0 saturated carbocycles. The lowest BCUT2D eigenvalue weighted by molar-refractivity contribution is -0.147. The monoisotopic (exact) mass is 405 g/mol. The second kappa shape index (κ2) is 10.6. The minimum atomic E-state index is -0.456. The van der Waals surface area contributed by atoms with Gasteiger partial charge in [-0.1, -0.05) is 17.7 Å². The number of hydrogen-bond acceptors (Lipinski definition) is 5. The maximum Gasteiger partial charge on any atom is 0.306 e. The third kappa shape index (κ3) is 6.78. The first kappa shape index (κ1) is 21.6. The summed E-state index contributed by atoms with van der Waals surface area (Å²) < 4.78 is 15.8. The third-order valence-corrected chi connectivity index (χ3v) is 4.15. The molecule has 2 aromatic rings. The van der Waals surface area contributed by atoms with Gasteiger partial charge in [0.15, 0.2) is 6.61 Å². The van der Waals surface area contributed by atoms with E-state index >= 15 is 0 Å². The number of nitrogens with one attached hydrogen (secondary N) is 1. The molecule has 0 spiro atoms. The van der Waals surface area contributed by atoms with Crippen molar-refractivity contribution in [2.24, 2.45) is 0 Å². The highest BCUT2D eigenvalue weighted by Gasteiger charge is 2.11. The van der Waals surface area contributed by atoms with E-state index in [1.807, 2.05) is 26.0 Å². The summed E-state index contributed by atoms with van der Waals surface area (Å²) in [5.74, 6) is 0.386. The number of hydrogen-bond donors (Lipinski definition) is 1. The zero-order valence-electron chi connectivity index (χ0n) is 16.2. The molecule has 1 amide bonds. The fourth-order valence-corrected chi connectivity index (χ4v) is 2.72. The van der Waals surface area contributed by atoms with Crippen molar-refractivity contribution in [1.29, 1.82) is 0 Å². The summed E-state index contributed by atoms with van der Waals surface area (Å²) >= 11 is 5.90. The predicted molar refractivity (Wildman–Crippen MR) is 108 cm³/mol. The van der Waals surface area contributed by atoms with E-state index in [2.05, 4.69) is 5.32 Å². The molecular formula is C21H24ClNO5. The Kier molecular flexibility index (Phi) is 8.14.